The van der Waals surface area contributed by atoms with Crippen LogP contribution in [0, 0.1) is 0 Å². The van der Waals surface area contributed by atoms with Crippen molar-refractivity contribution >= 4 is 23.6 Å². The van der Waals surface area contributed by atoms with Crippen molar-refractivity contribution < 1.29 is 4.79 Å². The van der Waals surface area contributed by atoms with Gasteiger partial charge in [-0.15, -0.1) is 0 Å². The Morgan fingerprint density at radius 3 is 2.32 bits per heavy atom. The smallest absolute Gasteiger partial charge is 0.219 e. The van der Waals surface area contributed by atoms with Crippen LogP contribution in [0.2, 0.25) is 0 Å². The Kier molecular flexibility index (Phi) is 7.32. The Bertz CT molecular complexity index is 376. The van der Waals surface area contributed by atoms with Gasteiger partial charge < -0.3 is 15.1 Å². The van der Waals surface area contributed by atoms with Crippen LogP contribution in [-0.2, 0) is 4.79 Å². The van der Waals surface area contributed by atoms with Gasteiger partial charge in [0.25, 0.3) is 0 Å². The second kappa shape index (κ2) is 9.25. The number of carbonyl (C=O) groups excluding carboxylic acids is 1. The molecule has 0 aromatic carbocycles. The normalized spacial score (nSPS) is 21.1. The van der Waals surface area contributed by atoms with Crippen LogP contribution in [0.15, 0.2) is 4.99 Å². The molecule has 0 atom stereocenters. The molecule has 22 heavy (non-hydrogen) atoms. The maximum absolute atomic E-state index is 11.4. The SMILES string of the molecule is CCNC(=NCCN1CCSCC1)N1CCN(C(C)=O)CC1. The molecule has 2 rings (SSSR count). The van der Waals surface area contributed by atoms with Gasteiger partial charge in [-0.25, -0.2) is 0 Å². The van der Waals surface area contributed by atoms with Gasteiger partial charge in [0, 0.05) is 70.8 Å². The third-order valence-corrected chi connectivity index (χ3v) is 5.08. The summed E-state index contributed by atoms with van der Waals surface area (Å²) in [4.78, 5) is 22.9. The van der Waals surface area contributed by atoms with Crippen LogP contribution in [0.25, 0.3) is 0 Å². The van der Waals surface area contributed by atoms with E-state index in [1.165, 1.54) is 24.6 Å². The predicted octanol–water partition coefficient (Wildman–Crippen LogP) is 0.165. The molecule has 0 radical (unpaired) electrons. The Morgan fingerprint density at radius 2 is 1.73 bits per heavy atom. The van der Waals surface area contributed by atoms with Crippen molar-refractivity contribution in [3.8, 4) is 0 Å². The molecule has 0 spiro atoms. The second-order valence-electron chi connectivity index (χ2n) is 5.68. The van der Waals surface area contributed by atoms with Crippen molar-refractivity contribution in [1.82, 2.24) is 20.0 Å². The fraction of sp³-hybridized carbons (Fsp3) is 0.867. The van der Waals surface area contributed by atoms with Crippen LogP contribution in [0.1, 0.15) is 13.8 Å². The number of hydrogen-bond donors (Lipinski definition) is 1. The topological polar surface area (TPSA) is 51.2 Å². The summed E-state index contributed by atoms with van der Waals surface area (Å²) >= 11 is 2.04. The average molecular weight is 327 g/mol. The Hall–Kier alpha value is -0.950. The lowest BCUT2D eigenvalue weighted by molar-refractivity contribution is -0.130. The van der Waals surface area contributed by atoms with Gasteiger partial charge in [0.15, 0.2) is 5.96 Å². The van der Waals surface area contributed by atoms with E-state index in [4.69, 9.17) is 4.99 Å². The number of thioether (sulfide) groups is 1. The quantitative estimate of drug-likeness (QED) is 0.589. The zero-order valence-electron chi connectivity index (χ0n) is 13.9. The second-order valence-corrected chi connectivity index (χ2v) is 6.91. The summed E-state index contributed by atoms with van der Waals surface area (Å²) in [5, 5.41) is 3.38. The zero-order chi connectivity index (χ0) is 15.8. The third-order valence-electron chi connectivity index (χ3n) is 4.14. The highest BCUT2D eigenvalue weighted by Crippen LogP contribution is 2.08. The number of nitrogens with one attached hydrogen (secondary N) is 1. The maximum atomic E-state index is 11.4. The van der Waals surface area contributed by atoms with Crippen molar-refractivity contribution in [2.75, 3.05) is 70.4 Å². The van der Waals surface area contributed by atoms with Gasteiger partial charge in [0.2, 0.25) is 5.91 Å². The molecular formula is C15H29N5OS. The number of piperazine rings is 1. The molecule has 0 saturated carbocycles. The minimum atomic E-state index is 0.171. The summed E-state index contributed by atoms with van der Waals surface area (Å²) in [6.07, 6.45) is 0. The van der Waals surface area contributed by atoms with Crippen molar-refractivity contribution in [2.45, 2.75) is 13.8 Å². The summed E-state index contributed by atoms with van der Waals surface area (Å²) in [5.74, 6) is 3.66. The standard InChI is InChI=1S/C15H29N5OS/c1-3-16-15(17-4-5-18-10-12-22-13-11-18)20-8-6-19(7-9-20)14(2)21/h3-13H2,1-2H3,(H,16,17). The van der Waals surface area contributed by atoms with Crippen LogP contribution in [-0.4, -0.2) is 97.0 Å². The van der Waals surface area contributed by atoms with Gasteiger partial charge in [0.1, 0.15) is 0 Å². The summed E-state index contributed by atoms with van der Waals surface area (Å²) in [5.41, 5.74) is 0. The molecule has 2 aliphatic heterocycles. The van der Waals surface area contributed by atoms with Crippen molar-refractivity contribution in [3.05, 3.63) is 0 Å². The molecule has 126 valence electrons. The zero-order valence-corrected chi connectivity index (χ0v) is 14.7. The van der Waals surface area contributed by atoms with E-state index in [9.17, 15) is 4.79 Å². The summed E-state index contributed by atoms with van der Waals surface area (Å²) < 4.78 is 0. The van der Waals surface area contributed by atoms with Crippen molar-refractivity contribution in [3.63, 3.8) is 0 Å². The highest BCUT2D eigenvalue weighted by atomic mass is 32.2. The molecule has 2 aliphatic rings. The molecule has 1 N–H and O–H groups in total. The molecule has 2 fully saturated rings. The first-order chi connectivity index (χ1) is 10.7. The Balaban J connectivity index is 1.80. The Morgan fingerprint density at radius 1 is 1.09 bits per heavy atom. The largest absolute Gasteiger partial charge is 0.357 e. The summed E-state index contributed by atoms with van der Waals surface area (Å²) in [6, 6.07) is 0. The monoisotopic (exact) mass is 327 g/mol. The molecule has 0 bridgehead atoms. The van der Waals surface area contributed by atoms with Crippen LogP contribution in [0.4, 0.5) is 0 Å². The molecule has 6 nitrogen and oxygen atoms in total. The van der Waals surface area contributed by atoms with E-state index in [-0.39, 0.29) is 5.91 Å². The van der Waals surface area contributed by atoms with E-state index in [0.29, 0.717) is 0 Å². The first-order valence-corrected chi connectivity index (χ1v) is 9.45. The highest BCUT2D eigenvalue weighted by molar-refractivity contribution is 7.99. The van der Waals surface area contributed by atoms with Gasteiger partial charge in [-0.05, 0) is 6.92 Å². The maximum Gasteiger partial charge on any atom is 0.219 e. The first-order valence-electron chi connectivity index (χ1n) is 8.29. The van der Waals surface area contributed by atoms with E-state index in [1.54, 1.807) is 6.92 Å². The minimum absolute atomic E-state index is 0.171. The average Bonchev–Trinajstić information content (AvgIpc) is 2.55. The molecule has 0 aromatic heterocycles. The molecule has 0 aromatic rings. The van der Waals surface area contributed by atoms with E-state index in [0.717, 1.165) is 51.8 Å². The first kappa shape index (κ1) is 17.4. The molecule has 2 saturated heterocycles. The number of rotatable bonds is 4. The fourth-order valence-corrected chi connectivity index (χ4v) is 3.76. The molecule has 0 unspecified atom stereocenters. The molecule has 7 heteroatoms. The lowest BCUT2D eigenvalue weighted by Crippen LogP contribution is -2.53. The molecule has 0 aliphatic carbocycles. The number of amides is 1. The molecule has 2 heterocycles. The predicted molar refractivity (Wildman–Crippen MR) is 93.6 cm³/mol. The lowest BCUT2D eigenvalue weighted by atomic mass is 10.3. The van der Waals surface area contributed by atoms with E-state index < -0.39 is 0 Å². The van der Waals surface area contributed by atoms with Crippen molar-refractivity contribution in [2.24, 2.45) is 4.99 Å². The van der Waals surface area contributed by atoms with Crippen LogP contribution < -0.4 is 5.32 Å². The number of carbonyl (C=O) groups is 1. The van der Waals surface area contributed by atoms with Gasteiger partial charge in [-0.1, -0.05) is 0 Å². The summed E-state index contributed by atoms with van der Waals surface area (Å²) in [7, 11) is 0. The minimum Gasteiger partial charge on any atom is -0.357 e. The lowest BCUT2D eigenvalue weighted by Gasteiger charge is -2.36. The summed E-state index contributed by atoms with van der Waals surface area (Å²) in [6.45, 7) is 12.2. The van der Waals surface area contributed by atoms with E-state index in [1.807, 2.05) is 16.7 Å². The molecule has 1 amide bonds. The van der Waals surface area contributed by atoms with Gasteiger partial charge in [-0.3, -0.25) is 14.7 Å². The van der Waals surface area contributed by atoms with E-state index in [2.05, 4.69) is 22.0 Å². The molecular weight excluding hydrogens is 298 g/mol. The van der Waals surface area contributed by atoms with Gasteiger partial charge >= 0.3 is 0 Å². The van der Waals surface area contributed by atoms with Crippen LogP contribution in [0.5, 0.6) is 0 Å². The van der Waals surface area contributed by atoms with Crippen LogP contribution in [0.3, 0.4) is 0 Å². The van der Waals surface area contributed by atoms with Gasteiger partial charge in [0.05, 0.1) is 6.54 Å². The van der Waals surface area contributed by atoms with Crippen molar-refractivity contribution in [1.29, 1.82) is 0 Å². The van der Waals surface area contributed by atoms with Crippen LogP contribution >= 0.6 is 11.8 Å². The number of hydrogen-bond acceptors (Lipinski definition) is 4. The highest BCUT2D eigenvalue weighted by Gasteiger charge is 2.20. The Labute approximate surface area is 138 Å². The van der Waals surface area contributed by atoms with E-state index >= 15 is 0 Å². The third kappa shape index (κ3) is 5.35. The number of nitrogens with zero attached hydrogens (tertiary/aromatic N) is 4. The van der Waals surface area contributed by atoms with Gasteiger partial charge in [-0.2, -0.15) is 11.8 Å². The number of aliphatic imine (C=N–C) groups is 1. The number of guanidine groups is 1. The fourth-order valence-electron chi connectivity index (χ4n) is 2.78.